The van der Waals surface area contributed by atoms with Crippen molar-refractivity contribution in [2.24, 2.45) is 0 Å². The van der Waals surface area contributed by atoms with Crippen molar-refractivity contribution in [1.82, 2.24) is 4.31 Å². The summed E-state index contributed by atoms with van der Waals surface area (Å²) in [6, 6.07) is 14.0. The Morgan fingerprint density at radius 3 is 1.96 bits per heavy atom. The first-order valence-electron chi connectivity index (χ1n) is 8.31. The number of nitrogens with one attached hydrogen (secondary N) is 2. The molecule has 1 fully saturated rings. The fourth-order valence-corrected chi connectivity index (χ4v) is 4.51. The number of ether oxygens (including phenoxy) is 1. The first-order valence-corrected chi connectivity index (χ1v) is 10.2. The molecule has 2 N–H and O–H groups in total. The van der Waals surface area contributed by atoms with Gasteiger partial charge in [-0.15, -0.1) is 0 Å². The van der Waals surface area contributed by atoms with E-state index in [1.807, 2.05) is 24.3 Å². The molecule has 1 saturated heterocycles. The molecule has 26 heavy (non-hydrogen) atoms. The molecular formula is C18H21N3O3S2. The van der Waals surface area contributed by atoms with Gasteiger partial charge in [0.25, 0.3) is 0 Å². The number of nitrogens with zero attached hydrogens (tertiary/aromatic N) is 1. The lowest BCUT2D eigenvalue weighted by Crippen LogP contribution is -2.27. The van der Waals surface area contributed by atoms with E-state index >= 15 is 0 Å². The van der Waals surface area contributed by atoms with E-state index in [-0.39, 0.29) is 0 Å². The zero-order valence-corrected chi connectivity index (χ0v) is 16.1. The van der Waals surface area contributed by atoms with Gasteiger partial charge in [-0.05, 0) is 73.6 Å². The molecule has 0 amide bonds. The van der Waals surface area contributed by atoms with Gasteiger partial charge in [-0.2, -0.15) is 4.31 Å². The molecule has 0 atom stereocenters. The number of rotatable bonds is 5. The van der Waals surface area contributed by atoms with Gasteiger partial charge >= 0.3 is 0 Å². The Morgan fingerprint density at radius 2 is 1.46 bits per heavy atom. The standard InChI is InChI=1S/C18H21N3O3S2/c1-24-16-8-4-14(5-9-16)19-18(25)20-15-6-10-17(11-7-15)26(22,23)21-12-2-3-13-21/h4-11H,2-3,12-13H2,1H3,(H2,19,20,25). The molecule has 1 aliphatic heterocycles. The van der Waals surface area contributed by atoms with E-state index in [1.165, 1.54) is 4.31 Å². The van der Waals surface area contributed by atoms with Crippen LogP contribution in [0.25, 0.3) is 0 Å². The number of hydrogen-bond acceptors (Lipinski definition) is 4. The van der Waals surface area contributed by atoms with Crippen LogP contribution in [-0.2, 0) is 10.0 Å². The quantitative estimate of drug-likeness (QED) is 0.762. The highest BCUT2D eigenvalue weighted by molar-refractivity contribution is 7.89. The van der Waals surface area contributed by atoms with Crippen LogP contribution in [0.5, 0.6) is 5.75 Å². The van der Waals surface area contributed by atoms with Gasteiger partial charge in [0.2, 0.25) is 10.0 Å². The van der Waals surface area contributed by atoms with E-state index in [9.17, 15) is 8.42 Å². The average molecular weight is 392 g/mol. The van der Waals surface area contributed by atoms with E-state index in [0.717, 1.165) is 30.0 Å². The van der Waals surface area contributed by atoms with Crippen LogP contribution in [0.2, 0.25) is 0 Å². The number of sulfonamides is 1. The minimum Gasteiger partial charge on any atom is -0.497 e. The zero-order valence-electron chi connectivity index (χ0n) is 14.4. The first-order chi connectivity index (χ1) is 12.5. The Balaban J connectivity index is 1.62. The second-order valence-corrected chi connectivity index (χ2v) is 8.29. The van der Waals surface area contributed by atoms with E-state index in [4.69, 9.17) is 17.0 Å². The van der Waals surface area contributed by atoms with Crippen molar-refractivity contribution < 1.29 is 13.2 Å². The number of hydrogen-bond donors (Lipinski definition) is 2. The van der Waals surface area contributed by atoms with E-state index in [2.05, 4.69) is 10.6 Å². The van der Waals surface area contributed by atoms with E-state index in [1.54, 1.807) is 31.4 Å². The Kier molecular flexibility index (Phi) is 5.75. The predicted octanol–water partition coefficient (Wildman–Crippen LogP) is 3.29. The molecule has 2 aromatic rings. The first kappa shape index (κ1) is 18.6. The summed E-state index contributed by atoms with van der Waals surface area (Å²) in [6.45, 7) is 1.19. The Labute approximate surface area is 159 Å². The van der Waals surface area contributed by atoms with E-state index < -0.39 is 10.0 Å². The van der Waals surface area contributed by atoms with Crippen molar-refractivity contribution >= 4 is 38.7 Å². The molecule has 0 unspecified atom stereocenters. The van der Waals surface area contributed by atoms with Crippen LogP contribution in [-0.4, -0.2) is 38.0 Å². The highest BCUT2D eigenvalue weighted by Gasteiger charge is 2.26. The number of benzene rings is 2. The van der Waals surface area contributed by atoms with Crippen LogP contribution >= 0.6 is 12.2 Å². The summed E-state index contributed by atoms with van der Waals surface area (Å²) in [6.07, 6.45) is 1.84. The third-order valence-electron chi connectivity index (χ3n) is 4.16. The summed E-state index contributed by atoms with van der Waals surface area (Å²) in [5.74, 6) is 0.768. The van der Waals surface area contributed by atoms with Crippen molar-refractivity contribution in [2.45, 2.75) is 17.7 Å². The normalized spacial score (nSPS) is 14.8. The lowest BCUT2D eigenvalue weighted by atomic mass is 10.3. The smallest absolute Gasteiger partial charge is 0.243 e. The lowest BCUT2D eigenvalue weighted by Gasteiger charge is -2.16. The van der Waals surface area contributed by atoms with Crippen LogP contribution in [0, 0.1) is 0 Å². The van der Waals surface area contributed by atoms with Crippen LogP contribution in [0.15, 0.2) is 53.4 Å². The molecular weight excluding hydrogens is 370 g/mol. The minimum absolute atomic E-state index is 0.305. The SMILES string of the molecule is COc1ccc(NC(=S)Nc2ccc(S(=O)(=O)N3CCCC3)cc2)cc1. The van der Waals surface area contributed by atoms with Crippen LogP contribution in [0.3, 0.4) is 0 Å². The molecule has 0 saturated carbocycles. The molecule has 2 aromatic carbocycles. The zero-order chi connectivity index (χ0) is 18.6. The monoisotopic (exact) mass is 391 g/mol. The van der Waals surface area contributed by atoms with Gasteiger partial charge in [-0.3, -0.25) is 0 Å². The lowest BCUT2D eigenvalue weighted by molar-refractivity contribution is 0.415. The highest BCUT2D eigenvalue weighted by Crippen LogP contribution is 2.22. The van der Waals surface area contributed by atoms with Crippen LogP contribution in [0.1, 0.15) is 12.8 Å². The fraction of sp³-hybridized carbons (Fsp3) is 0.278. The Hall–Kier alpha value is -2.16. The maximum absolute atomic E-state index is 12.5. The molecule has 138 valence electrons. The van der Waals surface area contributed by atoms with Crippen LogP contribution < -0.4 is 15.4 Å². The van der Waals surface area contributed by atoms with Gasteiger partial charge in [0, 0.05) is 24.5 Å². The molecule has 0 radical (unpaired) electrons. The van der Waals surface area contributed by atoms with Crippen molar-refractivity contribution in [1.29, 1.82) is 0 Å². The van der Waals surface area contributed by atoms with Gasteiger partial charge in [0.15, 0.2) is 5.11 Å². The maximum Gasteiger partial charge on any atom is 0.243 e. The number of anilines is 2. The average Bonchev–Trinajstić information content (AvgIpc) is 3.18. The largest absolute Gasteiger partial charge is 0.497 e. The van der Waals surface area contributed by atoms with Crippen molar-refractivity contribution in [3.63, 3.8) is 0 Å². The molecule has 0 aliphatic carbocycles. The molecule has 0 bridgehead atoms. The second-order valence-electron chi connectivity index (χ2n) is 5.94. The molecule has 8 heteroatoms. The fourth-order valence-electron chi connectivity index (χ4n) is 2.76. The number of thiocarbonyl (C=S) groups is 1. The van der Waals surface area contributed by atoms with Gasteiger partial charge in [-0.25, -0.2) is 8.42 Å². The van der Waals surface area contributed by atoms with E-state index in [0.29, 0.717) is 23.1 Å². The van der Waals surface area contributed by atoms with Crippen molar-refractivity contribution in [2.75, 3.05) is 30.8 Å². The molecule has 0 aromatic heterocycles. The number of methoxy groups -OCH3 is 1. The van der Waals surface area contributed by atoms with Gasteiger partial charge in [0.05, 0.1) is 12.0 Å². The maximum atomic E-state index is 12.5. The Bertz CT molecular complexity index is 860. The summed E-state index contributed by atoms with van der Waals surface area (Å²) in [7, 11) is -1.78. The van der Waals surface area contributed by atoms with Crippen molar-refractivity contribution in [3.8, 4) is 5.75 Å². The molecule has 6 nitrogen and oxygen atoms in total. The molecule has 3 rings (SSSR count). The van der Waals surface area contributed by atoms with Crippen molar-refractivity contribution in [3.05, 3.63) is 48.5 Å². The topological polar surface area (TPSA) is 70.7 Å². The molecule has 1 heterocycles. The molecule has 0 spiro atoms. The summed E-state index contributed by atoms with van der Waals surface area (Å²) < 4.78 is 31.7. The highest BCUT2D eigenvalue weighted by atomic mass is 32.2. The Morgan fingerprint density at radius 1 is 0.962 bits per heavy atom. The summed E-state index contributed by atoms with van der Waals surface area (Å²) >= 11 is 5.29. The third kappa shape index (κ3) is 4.32. The van der Waals surface area contributed by atoms with Crippen LogP contribution in [0.4, 0.5) is 11.4 Å². The van der Waals surface area contributed by atoms with Gasteiger partial charge in [-0.1, -0.05) is 0 Å². The summed E-state index contributed by atoms with van der Waals surface area (Å²) in [4.78, 5) is 0.305. The van der Waals surface area contributed by atoms with Gasteiger partial charge in [0.1, 0.15) is 5.75 Å². The van der Waals surface area contributed by atoms with Gasteiger partial charge < -0.3 is 15.4 Å². The molecule has 1 aliphatic rings. The third-order valence-corrected chi connectivity index (χ3v) is 6.28. The predicted molar refractivity (Wildman–Crippen MR) is 107 cm³/mol. The summed E-state index contributed by atoms with van der Waals surface area (Å²) in [5, 5.41) is 6.54. The summed E-state index contributed by atoms with van der Waals surface area (Å²) in [5.41, 5.74) is 1.55. The second kappa shape index (κ2) is 8.03. The minimum atomic E-state index is -3.39.